The number of carbonyl (C=O) groups is 2. The number of hydrogen-bond donors (Lipinski definition) is 1. The van der Waals surface area contributed by atoms with Gasteiger partial charge in [0.05, 0.1) is 17.6 Å². The average molecular weight is 406 g/mol. The summed E-state index contributed by atoms with van der Waals surface area (Å²) < 4.78 is 4.85. The van der Waals surface area contributed by atoms with Crippen molar-refractivity contribution in [3.05, 3.63) is 70.1 Å². The molecule has 2 aromatic carbocycles. The highest BCUT2D eigenvalue weighted by molar-refractivity contribution is 5.98. The molecule has 1 fully saturated rings. The first kappa shape index (κ1) is 19.6. The molecule has 1 amide bonds. The minimum Gasteiger partial charge on any atom is -0.461 e. The molecular formula is C22H22N4O4. The maximum Gasteiger partial charge on any atom is 0.362 e. The van der Waals surface area contributed by atoms with E-state index >= 15 is 0 Å². The lowest BCUT2D eigenvalue weighted by Gasteiger charge is -2.36. The molecular weight excluding hydrogens is 384 g/mol. The summed E-state index contributed by atoms with van der Waals surface area (Å²) in [6, 6.07) is 15.0. The summed E-state index contributed by atoms with van der Waals surface area (Å²) in [6.45, 7) is 4.55. The van der Waals surface area contributed by atoms with Crippen LogP contribution in [-0.2, 0) is 4.74 Å². The zero-order chi connectivity index (χ0) is 21.1. The Hall–Kier alpha value is -3.68. The topological polar surface area (TPSA) is 95.6 Å². The number of H-pyrrole nitrogens is 1. The maximum absolute atomic E-state index is 13.0. The van der Waals surface area contributed by atoms with Crippen molar-refractivity contribution < 1.29 is 14.3 Å². The zero-order valence-electron chi connectivity index (χ0n) is 16.6. The first-order chi connectivity index (χ1) is 14.6. The summed E-state index contributed by atoms with van der Waals surface area (Å²) in [5, 5.41) is 0. The van der Waals surface area contributed by atoms with E-state index in [1.165, 1.54) is 0 Å². The number of carbonyl (C=O) groups excluding carboxylic acids is 2. The number of aromatic nitrogens is 2. The zero-order valence-corrected chi connectivity index (χ0v) is 16.6. The van der Waals surface area contributed by atoms with E-state index in [1.807, 2.05) is 18.2 Å². The van der Waals surface area contributed by atoms with Crippen molar-refractivity contribution in [2.45, 2.75) is 6.92 Å². The van der Waals surface area contributed by atoms with E-state index in [0.717, 1.165) is 18.8 Å². The number of amides is 1. The molecule has 8 nitrogen and oxygen atoms in total. The van der Waals surface area contributed by atoms with Crippen LogP contribution in [0.3, 0.4) is 0 Å². The van der Waals surface area contributed by atoms with Crippen LogP contribution in [0.4, 0.5) is 5.69 Å². The highest BCUT2D eigenvalue weighted by atomic mass is 16.5. The van der Waals surface area contributed by atoms with Crippen LogP contribution < -0.4 is 10.5 Å². The Bertz CT molecular complexity index is 1130. The van der Waals surface area contributed by atoms with Gasteiger partial charge in [-0.3, -0.25) is 9.59 Å². The van der Waals surface area contributed by atoms with E-state index in [1.54, 1.807) is 30.0 Å². The van der Waals surface area contributed by atoms with Gasteiger partial charge in [-0.1, -0.05) is 18.2 Å². The second kappa shape index (κ2) is 8.36. The van der Waals surface area contributed by atoms with Crippen LogP contribution in [0.15, 0.2) is 53.3 Å². The van der Waals surface area contributed by atoms with Crippen LogP contribution in [0.5, 0.6) is 0 Å². The van der Waals surface area contributed by atoms with Crippen LogP contribution in [0.25, 0.3) is 11.0 Å². The van der Waals surface area contributed by atoms with Crippen molar-refractivity contribution in [3.8, 4) is 0 Å². The Morgan fingerprint density at radius 3 is 2.50 bits per heavy atom. The van der Waals surface area contributed by atoms with E-state index in [4.69, 9.17) is 4.74 Å². The molecule has 2 heterocycles. The number of piperazine rings is 1. The summed E-state index contributed by atoms with van der Waals surface area (Å²) in [7, 11) is 0. The Balaban J connectivity index is 1.51. The Kier molecular flexibility index (Phi) is 5.47. The fourth-order valence-corrected chi connectivity index (χ4v) is 3.55. The second-order valence-electron chi connectivity index (χ2n) is 6.98. The Morgan fingerprint density at radius 2 is 1.80 bits per heavy atom. The van der Waals surface area contributed by atoms with Gasteiger partial charge in [0.2, 0.25) is 5.69 Å². The van der Waals surface area contributed by atoms with Gasteiger partial charge in [-0.25, -0.2) is 9.78 Å². The molecule has 30 heavy (non-hydrogen) atoms. The quantitative estimate of drug-likeness (QED) is 0.667. The molecule has 0 spiro atoms. The van der Waals surface area contributed by atoms with Gasteiger partial charge in [-0.2, -0.15) is 0 Å². The molecule has 3 aromatic rings. The smallest absolute Gasteiger partial charge is 0.362 e. The highest BCUT2D eigenvalue weighted by Gasteiger charge is 2.23. The third kappa shape index (κ3) is 3.89. The van der Waals surface area contributed by atoms with Crippen LogP contribution in [0, 0.1) is 0 Å². The number of benzene rings is 2. The Morgan fingerprint density at radius 1 is 1.07 bits per heavy atom. The molecule has 1 aliphatic heterocycles. The van der Waals surface area contributed by atoms with E-state index in [2.05, 4.69) is 27.0 Å². The summed E-state index contributed by atoms with van der Waals surface area (Å²) >= 11 is 0. The van der Waals surface area contributed by atoms with Crippen LogP contribution >= 0.6 is 0 Å². The van der Waals surface area contributed by atoms with Crippen molar-refractivity contribution in [1.82, 2.24) is 14.9 Å². The van der Waals surface area contributed by atoms with Gasteiger partial charge in [0, 0.05) is 37.4 Å². The number of anilines is 1. The van der Waals surface area contributed by atoms with Crippen molar-refractivity contribution >= 4 is 28.6 Å². The summed E-state index contributed by atoms with van der Waals surface area (Å²) in [6.07, 6.45) is 0. The third-order valence-corrected chi connectivity index (χ3v) is 5.10. The molecule has 8 heteroatoms. The number of esters is 1. The summed E-state index contributed by atoms with van der Waals surface area (Å²) in [5.41, 5.74) is 1.51. The van der Waals surface area contributed by atoms with Crippen molar-refractivity contribution in [1.29, 1.82) is 0 Å². The highest BCUT2D eigenvalue weighted by Crippen LogP contribution is 2.18. The van der Waals surface area contributed by atoms with E-state index < -0.39 is 11.5 Å². The van der Waals surface area contributed by atoms with E-state index in [0.29, 0.717) is 29.7 Å². The number of ether oxygens (including phenoxy) is 1. The summed E-state index contributed by atoms with van der Waals surface area (Å²) in [5.74, 6) is -0.864. The molecule has 1 saturated heterocycles. The number of nitrogens with zero attached hydrogens (tertiary/aromatic N) is 3. The van der Waals surface area contributed by atoms with Gasteiger partial charge in [0.25, 0.3) is 11.5 Å². The number of rotatable bonds is 4. The largest absolute Gasteiger partial charge is 0.461 e. The normalized spacial score (nSPS) is 14.0. The fraction of sp³-hybridized carbons (Fsp3) is 0.273. The van der Waals surface area contributed by atoms with Crippen LogP contribution in [0.2, 0.25) is 0 Å². The molecule has 1 aromatic heterocycles. The number of fused-ring (bicyclic) bond motifs is 1. The van der Waals surface area contributed by atoms with Gasteiger partial charge in [0.15, 0.2) is 0 Å². The van der Waals surface area contributed by atoms with Gasteiger partial charge in [-0.15, -0.1) is 0 Å². The SMILES string of the molecule is CCOC(=O)c1nc2ccc(C(=O)N3CCN(c4ccccc4)CC3)cc2[nH]c1=O. The number of para-hydroxylation sites is 1. The van der Waals surface area contributed by atoms with Gasteiger partial charge < -0.3 is 19.5 Å². The summed E-state index contributed by atoms with van der Waals surface area (Å²) in [4.78, 5) is 47.8. The molecule has 4 rings (SSSR count). The maximum atomic E-state index is 13.0. The van der Waals surface area contributed by atoms with Gasteiger partial charge in [-0.05, 0) is 37.3 Å². The number of hydrogen-bond acceptors (Lipinski definition) is 6. The molecule has 0 saturated carbocycles. The first-order valence-corrected chi connectivity index (χ1v) is 9.87. The molecule has 1 aliphatic rings. The molecule has 0 aliphatic carbocycles. The van der Waals surface area contributed by atoms with Crippen LogP contribution in [0.1, 0.15) is 27.8 Å². The lowest BCUT2D eigenvalue weighted by atomic mass is 10.1. The molecule has 0 atom stereocenters. The molecule has 0 bridgehead atoms. The third-order valence-electron chi connectivity index (χ3n) is 5.10. The average Bonchev–Trinajstić information content (AvgIpc) is 2.78. The Labute approximate surface area is 173 Å². The fourth-order valence-electron chi connectivity index (χ4n) is 3.55. The lowest BCUT2D eigenvalue weighted by Crippen LogP contribution is -2.48. The van der Waals surface area contributed by atoms with E-state index in [-0.39, 0.29) is 18.2 Å². The predicted molar refractivity (Wildman–Crippen MR) is 113 cm³/mol. The standard InChI is InChI=1S/C22H22N4O4/c1-2-30-22(29)19-20(27)24-18-14-15(8-9-17(18)23-19)21(28)26-12-10-25(11-13-26)16-6-4-3-5-7-16/h3-9,14H,2,10-13H2,1H3,(H,24,27). The molecule has 0 unspecified atom stereocenters. The van der Waals surface area contributed by atoms with Gasteiger partial charge in [0.1, 0.15) is 0 Å². The molecule has 0 radical (unpaired) electrons. The number of aromatic amines is 1. The van der Waals surface area contributed by atoms with Gasteiger partial charge >= 0.3 is 5.97 Å². The predicted octanol–water partition coefficient (Wildman–Crippen LogP) is 2.06. The van der Waals surface area contributed by atoms with E-state index in [9.17, 15) is 14.4 Å². The first-order valence-electron chi connectivity index (χ1n) is 9.87. The molecule has 154 valence electrons. The van der Waals surface area contributed by atoms with Crippen LogP contribution in [-0.4, -0.2) is 59.5 Å². The second-order valence-corrected chi connectivity index (χ2v) is 6.98. The number of nitrogens with one attached hydrogen (secondary N) is 1. The lowest BCUT2D eigenvalue weighted by molar-refractivity contribution is 0.0517. The minimum atomic E-state index is -0.767. The monoisotopic (exact) mass is 406 g/mol. The van der Waals surface area contributed by atoms with Crippen molar-refractivity contribution in [2.75, 3.05) is 37.7 Å². The molecule has 1 N–H and O–H groups in total. The van der Waals surface area contributed by atoms with Crippen molar-refractivity contribution in [3.63, 3.8) is 0 Å². The minimum absolute atomic E-state index is 0.0973. The van der Waals surface area contributed by atoms with Crippen molar-refractivity contribution in [2.24, 2.45) is 0 Å².